The highest BCUT2D eigenvalue weighted by molar-refractivity contribution is 5.04. The number of pyridine rings is 1. The zero-order valence-electron chi connectivity index (χ0n) is 13.4. The van der Waals surface area contributed by atoms with E-state index in [-0.39, 0.29) is 0 Å². The molecule has 0 N–H and O–H groups in total. The van der Waals surface area contributed by atoms with Gasteiger partial charge in [-0.3, -0.25) is 9.88 Å². The van der Waals surface area contributed by atoms with E-state index >= 15 is 0 Å². The molecule has 4 heterocycles. The highest BCUT2D eigenvalue weighted by atomic mass is 16.5. The third kappa shape index (κ3) is 3.34. The van der Waals surface area contributed by atoms with Crippen LogP contribution in [-0.2, 0) is 11.3 Å². The molecule has 3 aliphatic rings. The van der Waals surface area contributed by atoms with Crippen LogP contribution < -0.4 is 0 Å². The van der Waals surface area contributed by atoms with Crippen LogP contribution in [0.2, 0.25) is 0 Å². The van der Waals surface area contributed by atoms with Crippen molar-refractivity contribution < 1.29 is 4.74 Å². The van der Waals surface area contributed by atoms with Gasteiger partial charge in [-0.2, -0.15) is 0 Å². The van der Waals surface area contributed by atoms with Crippen LogP contribution in [0.4, 0.5) is 0 Å². The Balaban J connectivity index is 1.25. The summed E-state index contributed by atoms with van der Waals surface area (Å²) in [6, 6.07) is 6.23. The zero-order valence-corrected chi connectivity index (χ0v) is 13.4. The van der Waals surface area contributed by atoms with Gasteiger partial charge in [0.1, 0.15) is 0 Å². The van der Waals surface area contributed by atoms with Gasteiger partial charge in [0.15, 0.2) is 0 Å². The normalized spacial score (nSPS) is 30.7. The molecule has 4 nitrogen and oxygen atoms in total. The molecule has 1 aromatic rings. The Hall–Kier alpha value is -0.970. The minimum Gasteiger partial charge on any atom is -0.381 e. The lowest BCUT2D eigenvalue weighted by molar-refractivity contribution is 0.0541. The Kier molecular flexibility index (Phi) is 4.42. The summed E-state index contributed by atoms with van der Waals surface area (Å²) in [4.78, 5) is 9.79. The average molecular weight is 301 g/mol. The van der Waals surface area contributed by atoms with Crippen LogP contribution in [0.3, 0.4) is 0 Å². The van der Waals surface area contributed by atoms with Gasteiger partial charge in [0.05, 0.1) is 5.69 Å². The fourth-order valence-corrected chi connectivity index (χ4v) is 4.48. The quantitative estimate of drug-likeness (QED) is 0.849. The van der Waals surface area contributed by atoms with Gasteiger partial charge in [-0.15, -0.1) is 0 Å². The van der Waals surface area contributed by atoms with Gasteiger partial charge in [-0.05, 0) is 42.7 Å². The van der Waals surface area contributed by atoms with Crippen LogP contribution in [0.25, 0.3) is 0 Å². The van der Waals surface area contributed by atoms with E-state index in [1.165, 1.54) is 51.3 Å². The zero-order chi connectivity index (χ0) is 14.8. The van der Waals surface area contributed by atoms with E-state index in [1.807, 2.05) is 12.3 Å². The molecule has 3 saturated heterocycles. The second-order valence-corrected chi connectivity index (χ2v) is 7.31. The predicted molar refractivity (Wildman–Crippen MR) is 86.5 cm³/mol. The number of ether oxygens (including phenoxy) is 1. The van der Waals surface area contributed by atoms with Crippen molar-refractivity contribution in [2.24, 2.45) is 17.8 Å². The number of rotatable bonds is 4. The van der Waals surface area contributed by atoms with Crippen LogP contribution in [-0.4, -0.2) is 60.7 Å². The monoisotopic (exact) mass is 301 g/mol. The summed E-state index contributed by atoms with van der Waals surface area (Å²) in [6.45, 7) is 9.40. The van der Waals surface area contributed by atoms with E-state index in [2.05, 4.69) is 26.9 Å². The summed E-state index contributed by atoms with van der Waals surface area (Å²) in [6.07, 6.45) is 4.43. The maximum Gasteiger partial charge on any atom is 0.0543 e. The summed E-state index contributed by atoms with van der Waals surface area (Å²) >= 11 is 0. The highest BCUT2D eigenvalue weighted by Gasteiger charge is 2.40. The van der Waals surface area contributed by atoms with E-state index < -0.39 is 0 Å². The largest absolute Gasteiger partial charge is 0.381 e. The van der Waals surface area contributed by atoms with Crippen molar-refractivity contribution in [3.05, 3.63) is 30.1 Å². The molecular formula is C18H27N3O. The van der Waals surface area contributed by atoms with Crippen molar-refractivity contribution >= 4 is 0 Å². The van der Waals surface area contributed by atoms with E-state index in [1.54, 1.807) is 0 Å². The van der Waals surface area contributed by atoms with Crippen LogP contribution in [0.15, 0.2) is 24.4 Å². The molecule has 3 fully saturated rings. The lowest BCUT2D eigenvalue weighted by atomic mass is 10.00. The Morgan fingerprint density at radius 2 is 1.73 bits per heavy atom. The maximum absolute atomic E-state index is 5.48. The molecular weight excluding hydrogens is 274 g/mol. The lowest BCUT2D eigenvalue weighted by Gasteiger charge is -2.28. The first-order valence-electron chi connectivity index (χ1n) is 8.79. The van der Waals surface area contributed by atoms with Gasteiger partial charge < -0.3 is 9.64 Å². The van der Waals surface area contributed by atoms with E-state index in [0.29, 0.717) is 0 Å². The van der Waals surface area contributed by atoms with Crippen molar-refractivity contribution in [1.29, 1.82) is 0 Å². The summed E-state index contributed by atoms with van der Waals surface area (Å²) in [5.74, 6) is 2.63. The Labute approximate surface area is 133 Å². The minimum absolute atomic E-state index is 0.872. The highest BCUT2D eigenvalue weighted by Crippen LogP contribution is 2.32. The van der Waals surface area contributed by atoms with Gasteiger partial charge in [0.25, 0.3) is 0 Å². The summed E-state index contributed by atoms with van der Waals surface area (Å²) < 4.78 is 5.48. The number of likely N-dealkylation sites (tertiary alicyclic amines) is 2. The standard InChI is InChI=1S/C18H27N3O/c1-2-6-19-18(3-1)14-21-12-16-10-20(11-17(16)13-21)9-15-4-7-22-8-5-15/h1-3,6,15-17H,4-5,7-14H2. The summed E-state index contributed by atoms with van der Waals surface area (Å²) in [5, 5.41) is 0. The molecule has 1 aromatic heterocycles. The minimum atomic E-state index is 0.872. The first-order valence-corrected chi connectivity index (χ1v) is 8.79. The molecule has 0 amide bonds. The molecule has 2 atom stereocenters. The van der Waals surface area contributed by atoms with Crippen LogP contribution >= 0.6 is 0 Å². The third-order valence-corrected chi connectivity index (χ3v) is 5.61. The molecule has 2 unspecified atom stereocenters. The first kappa shape index (κ1) is 14.6. The van der Waals surface area contributed by atoms with Gasteiger partial charge >= 0.3 is 0 Å². The van der Waals surface area contributed by atoms with Gasteiger partial charge in [-0.1, -0.05) is 6.07 Å². The second kappa shape index (κ2) is 6.65. The average Bonchev–Trinajstić information content (AvgIpc) is 3.07. The fourth-order valence-electron chi connectivity index (χ4n) is 4.48. The number of hydrogen-bond acceptors (Lipinski definition) is 4. The van der Waals surface area contributed by atoms with Crippen molar-refractivity contribution in [2.45, 2.75) is 19.4 Å². The number of hydrogen-bond donors (Lipinski definition) is 0. The Bertz CT molecular complexity index is 460. The van der Waals surface area contributed by atoms with Crippen molar-refractivity contribution in [1.82, 2.24) is 14.8 Å². The molecule has 4 heteroatoms. The van der Waals surface area contributed by atoms with Gasteiger partial charge in [0, 0.05) is 58.7 Å². The SMILES string of the molecule is c1ccc(CN2CC3CN(CC4CCOCC4)CC3C2)nc1. The number of aromatic nitrogens is 1. The number of fused-ring (bicyclic) bond motifs is 1. The van der Waals surface area contributed by atoms with Gasteiger partial charge in [-0.25, -0.2) is 0 Å². The van der Waals surface area contributed by atoms with Crippen LogP contribution in [0, 0.1) is 17.8 Å². The molecule has 0 saturated carbocycles. The molecule has 0 radical (unpaired) electrons. The van der Waals surface area contributed by atoms with Crippen molar-refractivity contribution in [3.8, 4) is 0 Å². The van der Waals surface area contributed by atoms with Crippen molar-refractivity contribution in [3.63, 3.8) is 0 Å². The molecule has 22 heavy (non-hydrogen) atoms. The fraction of sp³-hybridized carbons (Fsp3) is 0.722. The van der Waals surface area contributed by atoms with Crippen LogP contribution in [0.1, 0.15) is 18.5 Å². The second-order valence-electron chi connectivity index (χ2n) is 7.31. The Morgan fingerprint density at radius 1 is 1.00 bits per heavy atom. The van der Waals surface area contributed by atoms with E-state index in [4.69, 9.17) is 4.74 Å². The molecule has 0 aliphatic carbocycles. The summed E-state index contributed by atoms with van der Waals surface area (Å²) in [7, 11) is 0. The molecule has 0 aromatic carbocycles. The maximum atomic E-state index is 5.48. The summed E-state index contributed by atoms with van der Waals surface area (Å²) in [5.41, 5.74) is 1.21. The molecule has 0 bridgehead atoms. The molecule has 0 spiro atoms. The van der Waals surface area contributed by atoms with E-state index in [0.717, 1.165) is 37.5 Å². The lowest BCUT2D eigenvalue weighted by Crippen LogP contribution is -2.34. The number of nitrogens with zero attached hydrogens (tertiary/aromatic N) is 3. The Morgan fingerprint density at radius 3 is 2.41 bits per heavy atom. The van der Waals surface area contributed by atoms with Gasteiger partial charge in [0.2, 0.25) is 0 Å². The predicted octanol–water partition coefficient (Wildman–Crippen LogP) is 1.87. The third-order valence-electron chi connectivity index (χ3n) is 5.61. The smallest absolute Gasteiger partial charge is 0.0543 e. The van der Waals surface area contributed by atoms with Crippen molar-refractivity contribution in [2.75, 3.05) is 45.9 Å². The topological polar surface area (TPSA) is 28.6 Å². The molecule has 4 rings (SSSR count). The molecule has 120 valence electrons. The molecule has 3 aliphatic heterocycles. The van der Waals surface area contributed by atoms with Crippen LogP contribution in [0.5, 0.6) is 0 Å². The first-order chi connectivity index (χ1) is 10.9. The van der Waals surface area contributed by atoms with E-state index in [9.17, 15) is 0 Å².